The van der Waals surface area contributed by atoms with Crippen LogP contribution in [-0.4, -0.2) is 40.1 Å². The number of carbonyl (C=O) groups is 2. The van der Waals surface area contributed by atoms with Crippen LogP contribution in [-0.2, 0) is 25.4 Å². The Balaban J connectivity index is 1.96. The number of pyridine rings is 1. The summed E-state index contributed by atoms with van der Waals surface area (Å²) < 4.78 is 17.5. The Morgan fingerprint density at radius 1 is 1.25 bits per heavy atom. The smallest absolute Gasteiger partial charge is 0.407 e. The van der Waals surface area contributed by atoms with Crippen molar-refractivity contribution in [1.29, 1.82) is 0 Å². The third kappa shape index (κ3) is 7.22. The monoisotopic (exact) mass is 498 g/mol. The van der Waals surface area contributed by atoms with Crippen molar-refractivity contribution >= 4 is 12.1 Å². The van der Waals surface area contributed by atoms with Gasteiger partial charge in [0.15, 0.2) is 5.60 Å². The highest BCUT2D eigenvalue weighted by molar-refractivity contribution is 5.84. The van der Waals surface area contributed by atoms with Crippen LogP contribution in [0.25, 0.3) is 0 Å². The molecule has 2 aliphatic rings. The van der Waals surface area contributed by atoms with Crippen LogP contribution >= 0.6 is 0 Å². The van der Waals surface area contributed by atoms with Gasteiger partial charge in [0.1, 0.15) is 5.60 Å². The Kier molecular flexibility index (Phi) is 7.81. The first-order chi connectivity index (χ1) is 16.5. The van der Waals surface area contributed by atoms with Crippen LogP contribution < -0.4 is 5.32 Å². The van der Waals surface area contributed by atoms with Gasteiger partial charge in [-0.05, 0) is 69.9 Å². The van der Waals surface area contributed by atoms with E-state index in [-0.39, 0.29) is 12.3 Å². The zero-order valence-corrected chi connectivity index (χ0v) is 23.3. The summed E-state index contributed by atoms with van der Waals surface area (Å²) in [4.78, 5) is 30.8. The molecule has 0 unspecified atom stereocenters. The number of aromatic nitrogens is 1. The van der Waals surface area contributed by atoms with E-state index in [1.54, 1.807) is 40.8 Å². The number of amides is 1. The summed E-state index contributed by atoms with van der Waals surface area (Å²) in [5.74, 6) is 5.12. The number of esters is 1. The molecule has 2 atom stereocenters. The van der Waals surface area contributed by atoms with Gasteiger partial charge < -0.3 is 19.5 Å². The van der Waals surface area contributed by atoms with Gasteiger partial charge >= 0.3 is 12.1 Å². The zero-order valence-electron chi connectivity index (χ0n) is 23.3. The van der Waals surface area contributed by atoms with Crippen molar-refractivity contribution < 1.29 is 23.8 Å². The lowest BCUT2D eigenvalue weighted by Gasteiger charge is -2.36. The summed E-state index contributed by atoms with van der Waals surface area (Å²) in [6, 6.07) is 1.23. The number of cyclic esters (lactones) is 1. The van der Waals surface area contributed by atoms with E-state index in [1.807, 2.05) is 26.8 Å². The Labute approximate surface area is 216 Å². The number of nitrogens with one attached hydrogen (secondary N) is 1. The molecule has 0 radical (unpaired) electrons. The summed E-state index contributed by atoms with van der Waals surface area (Å²) in [5, 5.41) is 2.92. The van der Waals surface area contributed by atoms with Crippen LogP contribution in [0.4, 0.5) is 4.79 Å². The Bertz CT molecular complexity index is 1060. The highest BCUT2D eigenvalue weighted by Gasteiger charge is 2.59. The van der Waals surface area contributed by atoms with E-state index in [0.717, 1.165) is 17.5 Å². The Morgan fingerprint density at radius 3 is 2.44 bits per heavy atom. The first kappa shape index (κ1) is 28.0. The number of alkyl carbamates (subject to hydrolysis) is 1. The second-order valence-corrected chi connectivity index (χ2v) is 12.6. The third-order valence-corrected chi connectivity index (χ3v) is 6.52. The van der Waals surface area contributed by atoms with Crippen molar-refractivity contribution in [3.63, 3.8) is 0 Å². The van der Waals surface area contributed by atoms with E-state index in [4.69, 9.17) is 14.2 Å². The molecule has 1 aliphatic heterocycles. The molecule has 1 saturated carbocycles. The van der Waals surface area contributed by atoms with Crippen LogP contribution in [0, 0.1) is 30.1 Å². The van der Waals surface area contributed by atoms with Gasteiger partial charge in [0.2, 0.25) is 5.79 Å². The molecule has 7 heteroatoms. The molecule has 1 aromatic heterocycles. The maximum atomic E-state index is 13.5. The van der Waals surface area contributed by atoms with Gasteiger partial charge in [-0.15, -0.1) is 0 Å². The first-order valence-electron chi connectivity index (χ1n) is 12.9. The van der Waals surface area contributed by atoms with Gasteiger partial charge in [0.25, 0.3) is 0 Å². The average Bonchev–Trinajstić information content (AvgIpc) is 3.38. The topological polar surface area (TPSA) is 86.8 Å². The molecule has 1 saturated heterocycles. The molecule has 36 heavy (non-hydrogen) atoms. The maximum Gasteiger partial charge on any atom is 0.407 e. The molecule has 0 spiro atoms. The molecule has 2 heterocycles. The Hall–Kier alpha value is -2.59. The lowest BCUT2D eigenvalue weighted by Crippen LogP contribution is -2.59. The van der Waals surface area contributed by atoms with Gasteiger partial charge in [-0.1, -0.05) is 32.6 Å². The lowest BCUT2D eigenvalue weighted by molar-refractivity contribution is -0.170. The fourth-order valence-corrected chi connectivity index (χ4v) is 4.35. The lowest BCUT2D eigenvalue weighted by atomic mass is 9.83. The molecule has 198 valence electrons. The summed E-state index contributed by atoms with van der Waals surface area (Å²) in [5.41, 5.74) is 0.716. The van der Waals surface area contributed by atoms with Gasteiger partial charge in [-0.25, -0.2) is 9.59 Å². The number of nitrogens with zero attached hydrogens (tertiary/aromatic N) is 1. The average molecular weight is 499 g/mol. The van der Waals surface area contributed by atoms with Crippen LogP contribution in [0.1, 0.15) is 97.9 Å². The maximum absolute atomic E-state index is 13.5. The summed E-state index contributed by atoms with van der Waals surface area (Å²) in [6.07, 6.45) is 5.11. The minimum absolute atomic E-state index is 0.134. The quantitative estimate of drug-likeness (QED) is 0.397. The predicted molar refractivity (Wildman–Crippen MR) is 138 cm³/mol. The number of rotatable bonds is 7. The second kappa shape index (κ2) is 10.0. The molecule has 1 aromatic rings. The fraction of sp³-hybridized carbons (Fsp3) is 0.690. The van der Waals surface area contributed by atoms with Crippen molar-refractivity contribution in [2.24, 2.45) is 11.3 Å². The minimum atomic E-state index is -1.46. The number of ether oxygens (including phenoxy) is 3. The number of carbonyl (C=O) groups excluding carboxylic acids is 2. The van der Waals surface area contributed by atoms with Crippen LogP contribution in [0.3, 0.4) is 0 Å². The molecule has 0 aromatic carbocycles. The van der Waals surface area contributed by atoms with Crippen LogP contribution in [0.5, 0.6) is 0 Å². The highest BCUT2D eigenvalue weighted by Crippen LogP contribution is 2.47. The van der Waals surface area contributed by atoms with Gasteiger partial charge in [-0.2, -0.15) is 0 Å². The van der Waals surface area contributed by atoms with Crippen molar-refractivity contribution in [2.75, 3.05) is 0 Å². The molecule has 3 rings (SSSR count). The Morgan fingerprint density at radius 2 is 1.92 bits per heavy atom. The number of aryl methyl sites for hydroxylation is 1. The summed E-state index contributed by atoms with van der Waals surface area (Å²) in [6.45, 7) is 17.1. The van der Waals surface area contributed by atoms with E-state index in [0.29, 0.717) is 17.5 Å². The molecule has 0 bridgehead atoms. The van der Waals surface area contributed by atoms with E-state index >= 15 is 0 Å². The van der Waals surface area contributed by atoms with E-state index in [9.17, 15) is 9.59 Å². The van der Waals surface area contributed by atoms with Gasteiger partial charge in [-0.3, -0.25) is 4.98 Å². The third-order valence-electron chi connectivity index (χ3n) is 6.52. The van der Waals surface area contributed by atoms with Crippen LogP contribution in [0.15, 0.2) is 12.3 Å². The van der Waals surface area contributed by atoms with E-state index in [2.05, 4.69) is 29.1 Å². The number of hydrogen-bond donors (Lipinski definition) is 1. The molecular weight excluding hydrogens is 456 g/mol. The van der Waals surface area contributed by atoms with Crippen molar-refractivity contribution in [1.82, 2.24) is 10.3 Å². The van der Waals surface area contributed by atoms with Crippen LogP contribution in [0.2, 0.25) is 0 Å². The normalized spacial score (nSPS) is 22.9. The molecule has 1 aliphatic carbocycles. The first-order valence-corrected chi connectivity index (χ1v) is 12.9. The number of hydrogen-bond acceptors (Lipinski definition) is 6. The van der Waals surface area contributed by atoms with Crippen molar-refractivity contribution in [2.45, 2.75) is 117 Å². The fourth-order valence-electron chi connectivity index (χ4n) is 4.35. The predicted octanol–water partition coefficient (Wildman–Crippen LogP) is 5.46. The molecular formula is C29H42N2O5. The zero-order chi connectivity index (χ0) is 26.9. The van der Waals surface area contributed by atoms with Gasteiger partial charge in [0.05, 0.1) is 6.04 Å². The van der Waals surface area contributed by atoms with Crippen molar-refractivity contribution in [3.8, 4) is 11.8 Å². The standard InChI is InChI=1S/C29H42N2O5/c1-19(2)15-23(31-25(33)35-26(4,5)6)29(24(32)34-27(7,8)36-29)17-22-16-21(20(3)18-30-22)11-10-12-28(9)13-14-28/h16,18-19,23H,12-15,17H2,1-9H3,(H,31,33)/t23-,29+/m0/s1. The van der Waals surface area contributed by atoms with Crippen molar-refractivity contribution in [3.05, 3.63) is 29.1 Å². The largest absolute Gasteiger partial charge is 0.444 e. The highest BCUT2D eigenvalue weighted by atomic mass is 16.8. The van der Waals surface area contributed by atoms with E-state index in [1.165, 1.54) is 12.8 Å². The molecule has 1 N–H and O–H groups in total. The summed E-state index contributed by atoms with van der Waals surface area (Å²) >= 11 is 0. The van der Waals surface area contributed by atoms with E-state index < -0.39 is 35.1 Å². The molecule has 2 fully saturated rings. The van der Waals surface area contributed by atoms with Gasteiger partial charge in [0, 0.05) is 44.1 Å². The SMILES string of the molecule is Cc1cnc(C[C@]2([C@H](CC(C)C)NC(=O)OC(C)(C)C)OC(C)(C)OC2=O)cc1C#CCC1(C)CC1. The molecule has 1 amide bonds. The summed E-state index contributed by atoms with van der Waals surface area (Å²) in [7, 11) is 0. The second-order valence-electron chi connectivity index (χ2n) is 12.6. The molecule has 7 nitrogen and oxygen atoms in total. The minimum Gasteiger partial charge on any atom is -0.444 e.